The highest BCUT2D eigenvalue weighted by Gasteiger charge is 2.40. The fourth-order valence-electron chi connectivity index (χ4n) is 4.41. The molecule has 1 aromatic heterocycles. The van der Waals surface area contributed by atoms with E-state index in [1.54, 1.807) is 12.1 Å². The van der Waals surface area contributed by atoms with E-state index in [1.165, 1.54) is 15.6 Å². The van der Waals surface area contributed by atoms with E-state index in [1.807, 2.05) is 49.4 Å². The van der Waals surface area contributed by atoms with Crippen molar-refractivity contribution in [3.8, 4) is 11.6 Å². The SMILES string of the molecule is Cc1ccc(-n2nc(OCC(O)CO)cc2NC(=O)N[C@H]2CN(CC(F)(F)F)C[C@@H]2c2ccccc2)cc1. The lowest BCUT2D eigenvalue weighted by molar-refractivity contribution is -0.143. The van der Waals surface area contributed by atoms with Crippen molar-refractivity contribution in [1.29, 1.82) is 0 Å². The Bertz CT molecular complexity index is 1200. The number of urea groups is 1. The fraction of sp³-hybridized carbons (Fsp3) is 0.385. The van der Waals surface area contributed by atoms with Crippen molar-refractivity contribution in [3.05, 3.63) is 71.8 Å². The van der Waals surface area contributed by atoms with Crippen molar-refractivity contribution >= 4 is 11.8 Å². The van der Waals surface area contributed by atoms with Gasteiger partial charge >= 0.3 is 12.2 Å². The number of aryl methyl sites for hydroxylation is 1. The predicted octanol–water partition coefficient (Wildman–Crippen LogP) is 3.06. The lowest BCUT2D eigenvalue weighted by Gasteiger charge is -2.20. The molecule has 2 heterocycles. The number of alkyl halides is 3. The molecule has 1 fully saturated rings. The maximum Gasteiger partial charge on any atom is 0.401 e. The van der Waals surface area contributed by atoms with Gasteiger partial charge in [-0.3, -0.25) is 10.2 Å². The molecule has 0 radical (unpaired) electrons. The summed E-state index contributed by atoms with van der Waals surface area (Å²) < 4.78 is 46.2. The zero-order chi connectivity index (χ0) is 27.3. The van der Waals surface area contributed by atoms with Crippen molar-refractivity contribution in [2.45, 2.75) is 31.2 Å². The van der Waals surface area contributed by atoms with Gasteiger partial charge in [-0.15, -0.1) is 5.10 Å². The second kappa shape index (κ2) is 11.8. The number of nitrogens with one attached hydrogen (secondary N) is 2. The van der Waals surface area contributed by atoms with E-state index in [-0.39, 0.29) is 37.3 Å². The Balaban J connectivity index is 1.52. The summed E-state index contributed by atoms with van der Waals surface area (Å²) in [6.07, 6.45) is -5.45. The fourth-order valence-corrected chi connectivity index (χ4v) is 4.41. The molecular formula is C26H30F3N5O4. The van der Waals surface area contributed by atoms with Crippen LogP contribution in [0.4, 0.5) is 23.8 Å². The summed E-state index contributed by atoms with van der Waals surface area (Å²) in [5.41, 5.74) is 2.49. The van der Waals surface area contributed by atoms with E-state index >= 15 is 0 Å². The number of nitrogens with zero attached hydrogens (tertiary/aromatic N) is 3. The van der Waals surface area contributed by atoms with Crippen molar-refractivity contribution in [1.82, 2.24) is 20.0 Å². The van der Waals surface area contributed by atoms with E-state index < -0.39 is 37.5 Å². The molecule has 204 valence electrons. The molecule has 3 atom stereocenters. The lowest BCUT2D eigenvalue weighted by Crippen LogP contribution is -2.43. The standard InChI is InChI=1S/C26H30F3N5O4/c1-17-7-9-19(10-8-17)34-23(11-24(32-34)38-15-20(36)14-35)31-25(37)30-22-13-33(16-26(27,28)29)12-21(22)18-5-3-2-4-6-18/h2-11,20-22,35-36H,12-16H2,1H3,(H2,30,31,37)/t20?,21-,22+/m1/s1. The summed E-state index contributed by atoms with van der Waals surface area (Å²) in [6, 6.07) is 16.8. The smallest absolute Gasteiger partial charge is 0.401 e. The van der Waals surface area contributed by atoms with Crippen LogP contribution in [0.1, 0.15) is 17.0 Å². The number of anilines is 1. The van der Waals surface area contributed by atoms with Crippen LogP contribution in [0.15, 0.2) is 60.7 Å². The first-order chi connectivity index (χ1) is 18.1. The van der Waals surface area contributed by atoms with E-state index in [4.69, 9.17) is 9.84 Å². The molecule has 4 rings (SSSR count). The molecule has 38 heavy (non-hydrogen) atoms. The van der Waals surface area contributed by atoms with E-state index in [9.17, 15) is 23.1 Å². The van der Waals surface area contributed by atoms with Crippen molar-refractivity contribution in [3.63, 3.8) is 0 Å². The van der Waals surface area contributed by atoms with Crippen LogP contribution in [0.25, 0.3) is 5.69 Å². The van der Waals surface area contributed by atoms with Gasteiger partial charge in [0.15, 0.2) is 0 Å². The van der Waals surface area contributed by atoms with Gasteiger partial charge in [-0.05, 0) is 24.6 Å². The summed E-state index contributed by atoms with van der Waals surface area (Å²) in [5.74, 6) is 0.0270. The van der Waals surface area contributed by atoms with Crippen LogP contribution in [-0.2, 0) is 0 Å². The second-order valence-corrected chi connectivity index (χ2v) is 9.29. The number of likely N-dealkylation sites (tertiary alicyclic amines) is 1. The number of aromatic nitrogens is 2. The molecule has 1 unspecified atom stereocenters. The summed E-state index contributed by atoms with van der Waals surface area (Å²) in [4.78, 5) is 14.4. The second-order valence-electron chi connectivity index (χ2n) is 9.29. The average Bonchev–Trinajstić information content (AvgIpc) is 3.45. The third kappa shape index (κ3) is 7.24. The molecule has 0 aliphatic carbocycles. The van der Waals surface area contributed by atoms with Gasteiger partial charge in [0, 0.05) is 25.1 Å². The van der Waals surface area contributed by atoms with Crippen molar-refractivity contribution in [2.75, 3.05) is 38.2 Å². The van der Waals surface area contributed by atoms with Crippen molar-refractivity contribution in [2.24, 2.45) is 0 Å². The molecule has 0 spiro atoms. The van der Waals surface area contributed by atoms with Crippen molar-refractivity contribution < 1.29 is 32.9 Å². The lowest BCUT2D eigenvalue weighted by atomic mass is 9.94. The van der Waals surface area contributed by atoms with E-state index in [2.05, 4.69) is 15.7 Å². The third-order valence-corrected chi connectivity index (χ3v) is 6.18. The van der Waals surface area contributed by atoms with Crippen LogP contribution in [0.5, 0.6) is 5.88 Å². The van der Waals surface area contributed by atoms with Crippen LogP contribution in [0, 0.1) is 6.92 Å². The molecule has 1 aliphatic heterocycles. The molecule has 3 aromatic rings. The minimum absolute atomic E-state index is 0.0388. The van der Waals surface area contributed by atoms with Gasteiger partial charge in [-0.25, -0.2) is 9.48 Å². The molecule has 2 aromatic carbocycles. The van der Waals surface area contributed by atoms with Crippen LogP contribution in [0.3, 0.4) is 0 Å². The zero-order valence-electron chi connectivity index (χ0n) is 20.7. The zero-order valence-corrected chi connectivity index (χ0v) is 20.7. The Morgan fingerprint density at radius 3 is 2.53 bits per heavy atom. The maximum atomic E-state index is 13.1. The Hall–Kier alpha value is -3.61. The van der Waals surface area contributed by atoms with Gasteiger partial charge in [0.05, 0.1) is 24.9 Å². The number of amides is 2. The Morgan fingerprint density at radius 1 is 1.16 bits per heavy atom. The van der Waals surface area contributed by atoms with Gasteiger partial charge in [-0.2, -0.15) is 13.2 Å². The molecule has 9 nitrogen and oxygen atoms in total. The predicted molar refractivity (Wildman–Crippen MR) is 135 cm³/mol. The van der Waals surface area contributed by atoms with Crippen LogP contribution >= 0.6 is 0 Å². The number of benzene rings is 2. The Kier molecular flexibility index (Phi) is 8.55. The molecule has 0 saturated carbocycles. The highest BCUT2D eigenvalue weighted by Crippen LogP contribution is 2.30. The first-order valence-corrected chi connectivity index (χ1v) is 12.1. The topological polar surface area (TPSA) is 112 Å². The summed E-state index contributed by atoms with van der Waals surface area (Å²) in [7, 11) is 0. The van der Waals surface area contributed by atoms with Gasteiger partial charge in [0.1, 0.15) is 18.5 Å². The van der Waals surface area contributed by atoms with Gasteiger partial charge in [0.25, 0.3) is 0 Å². The number of aliphatic hydroxyl groups excluding tert-OH is 2. The number of carbonyl (C=O) groups is 1. The van der Waals surface area contributed by atoms with E-state index in [0.717, 1.165) is 11.1 Å². The molecule has 2 amide bonds. The highest BCUT2D eigenvalue weighted by molar-refractivity contribution is 5.89. The molecule has 1 saturated heterocycles. The number of hydrogen-bond acceptors (Lipinski definition) is 6. The summed E-state index contributed by atoms with van der Waals surface area (Å²) in [5, 5.41) is 28.5. The molecule has 1 aliphatic rings. The Morgan fingerprint density at radius 2 is 1.87 bits per heavy atom. The third-order valence-electron chi connectivity index (χ3n) is 6.18. The minimum atomic E-state index is -4.35. The summed E-state index contributed by atoms with van der Waals surface area (Å²) in [6.45, 7) is 0.371. The molecule has 0 bridgehead atoms. The number of halogens is 3. The van der Waals surface area contributed by atoms with Gasteiger partial charge in [0.2, 0.25) is 5.88 Å². The number of hydrogen-bond donors (Lipinski definition) is 4. The van der Waals surface area contributed by atoms with Crippen LogP contribution in [0.2, 0.25) is 0 Å². The van der Waals surface area contributed by atoms with Gasteiger partial charge < -0.3 is 20.3 Å². The molecule has 4 N–H and O–H groups in total. The maximum absolute atomic E-state index is 13.1. The first kappa shape index (κ1) is 27.4. The van der Waals surface area contributed by atoms with Gasteiger partial charge in [-0.1, -0.05) is 48.0 Å². The average molecular weight is 534 g/mol. The highest BCUT2D eigenvalue weighted by atomic mass is 19.4. The minimum Gasteiger partial charge on any atom is -0.474 e. The quantitative estimate of drug-likeness (QED) is 0.337. The number of rotatable bonds is 9. The summed E-state index contributed by atoms with van der Waals surface area (Å²) >= 11 is 0. The normalized spacial score (nSPS) is 18.8. The van der Waals surface area contributed by atoms with Crippen LogP contribution < -0.4 is 15.4 Å². The first-order valence-electron chi connectivity index (χ1n) is 12.1. The number of aliphatic hydroxyl groups is 2. The van der Waals surface area contributed by atoms with Crippen LogP contribution in [-0.4, -0.2) is 82.1 Å². The Labute approximate surface area is 217 Å². The van der Waals surface area contributed by atoms with E-state index in [0.29, 0.717) is 5.69 Å². The molecular weight excluding hydrogens is 503 g/mol. The number of ether oxygens (including phenoxy) is 1. The number of carbonyl (C=O) groups excluding carboxylic acids is 1. The molecule has 12 heteroatoms. The monoisotopic (exact) mass is 533 g/mol. The largest absolute Gasteiger partial charge is 0.474 e.